The second-order valence-corrected chi connectivity index (χ2v) is 14.0. The smallest absolute Gasteiger partial charge is 0.166 e. The Morgan fingerprint density at radius 2 is 0.792 bits per heavy atom. The molecule has 53 heavy (non-hydrogen) atoms. The topological polar surface area (TPSA) is 0 Å². The summed E-state index contributed by atoms with van der Waals surface area (Å²) in [5, 5.41) is 12.3. The lowest BCUT2D eigenvalue weighted by Gasteiger charge is -2.19. The molecule has 0 aromatic heterocycles. The lowest BCUT2D eigenvalue weighted by molar-refractivity contribution is -0.137. The van der Waals surface area contributed by atoms with E-state index in [1.807, 2.05) is 42.5 Å². The molecule has 0 nitrogen and oxygen atoms in total. The molecular formula is C50H31F3. The predicted octanol–water partition coefficient (Wildman–Crippen LogP) is 14.9. The first-order valence-electron chi connectivity index (χ1n) is 17.8. The van der Waals surface area contributed by atoms with Crippen LogP contribution in [0.4, 0.5) is 13.2 Å². The zero-order chi connectivity index (χ0) is 35.8. The van der Waals surface area contributed by atoms with Crippen LogP contribution in [0.15, 0.2) is 170 Å². The fourth-order valence-electron chi connectivity index (χ4n) is 8.32. The Balaban J connectivity index is 1.32. The molecule has 0 radical (unpaired) electrons. The second-order valence-electron chi connectivity index (χ2n) is 14.0. The van der Waals surface area contributed by atoms with E-state index in [1.165, 1.54) is 34.0 Å². The van der Waals surface area contributed by atoms with Crippen molar-refractivity contribution in [2.24, 2.45) is 0 Å². The molecule has 0 aliphatic rings. The summed E-state index contributed by atoms with van der Waals surface area (Å²) in [6.45, 7) is 2.18. The molecule has 0 aliphatic heterocycles. The molecule has 0 amide bonds. The highest BCUT2D eigenvalue weighted by molar-refractivity contribution is 6.24. The molecule has 0 unspecified atom stereocenters. The molecule has 252 valence electrons. The number of hydrogen-bond donors (Lipinski definition) is 0. The molecule has 3 heteroatoms. The molecule has 0 N–H and O–H groups in total. The van der Waals surface area contributed by atoms with E-state index in [9.17, 15) is 13.2 Å². The zero-order valence-electron chi connectivity index (χ0n) is 28.8. The number of aryl methyl sites for hydroxylation is 1. The molecule has 0 atom stereocenters. The van der Waals surface area contributed by atoms with Crippen molar-refractivity contribution in [1.82, 2.24) is 0 Å². The van der Waals surface area contributed by atoms with Crippen molar-refractivity contribution in [3.8, 4) is 33.4 Å². The van der Waals surface area contributed by atoms with Gasteiger partial charge in [-0.1, -0.05) is 127 Å². The van der Waals surface area contributed by atoms with Gasteiger partial charge < -0.3 is 0 Å². The van der Waals surface area contributed by atoms with E-state index in [1.54, 1.807) is 6.07 Å². The first-order chi connectivity index (χ1) is 25.8. The van der Waals surface area contributed by atoms with Gasteiger partial charge in [0.25, 0.3) is 0 Å². The van der Waals surface area contributed by atoms with E-state index >= 15 is 0 Å². The monoisotopic (exact) mass is 688 g/mol. The van der Waals surface area contributed by atoms with E-state index in [-0.39, 0.29) is 0 Å². The van der Waals surface area contributed by atoms with Crippen molar-refractivity contribution in [1.29, 1.82) is 0 Å². The van der Waals surface area contributed by atoms with Gasteiger partial charge in [-0.2, -0.15) is 13.2 Å². The van der Waals surface area contributed by atoms with Gasteiger partial charge in [0.15, 0.2) is 0 Å². The maximum Gasteiger partial charge on any atom is 0.416 e. The molecule has 0 fully saturated rings. The van der Waals surface area contributed by atoms with E-state index in [0.717, 1.165) is 76.3 Å². The minimum atomic E-state index is -4.47. The average molecular weight is 689 g/mol. The van der Waals surface area contributed by atoms with Crippen LogP contribution in [-0.4, -0.2) is 0 Å². The SMILES string of the molecule is Cc1c(-c2ccc3c(c2)c(-c2ccc4ccccc4c2)cc2c4ccc(C(F)(F)F)cc4c(-c4ccc5ccccc5c4)cc32)ccc2ccccc12. The molecule has 10 aromatic carbocycles. The van der Waals surface area contributed by atoms with E-state index < -0.39 is 11.7 Å². The number of fused-ring (bicyclic) bond motifs is 8. The zero-order valence-corrected chi connectivity index (χ0v) is 28.8. The first-order valence-corrected chi connectivity index (χ1v) is 17.8. The van der Waals surface area contributed by atoms with Gasteiger partial charge in [-0.05, 0) is 153 Å². The third kappa shape index (κ3) is 5.15. The van der Waals surface area contributed by atoms with Crippen LogP contribution in [0.3, 0.4) is 0 Å². The van der Waals surface area contributed by atoms with Crippen molar-refractivity contribution >= 4 is 64.6 Å². The van der Waals surface area contributed by atoms with Crippen molar-refractivity contribution in [3.05, 3.63) is 181 Å². The molecule has 10 aromatic rings. The molecule has 0 bridgehead atoms. The summed E-state index contributed by atoms with van der Waals surface area (Å²) in [5.74, 6) is 0. The highest BCUT2D eigenvalue weighted by Gasteiger charge is 2.31. The van der Waals surface area contributed by atoms with Crippen LogP contribution < -0.4 is 0 Å². The number of benzene rings is 10. The van der Waals surface area contributed by atoms with Crippen molar-refractivity contribution in [2.45, 2.75) is 13.1 Å². The van der Waals surface area contributed by atoms with E-state index in [0.29, 0.717) is 5.39 Å². The summed E-state index contributed by atoms with van der Waals surface area (Å²) >= 11 is 0. The van der Waals surface area contributed by atoms with Gasteiger partial charge >= 0.3 is 6.18 Å². The molecular weight excluding hydrogens is 658 g/mol. The normalized spacial score (nSPS) is 12.2. The summed E-state index contributed by atoms with van der Waals surface area (Å²) in [5.41, 5.74) is 6.61. The molecule has 0 heterocycles. The molecule has 0 spiro atoms. The van der Waals surface area contributed by atoms with Crippen molar-refractivity contribution < 1.29 is 13.2 Å². The lowest BCUT2D eigenvalue weighted by Crippen LogP contribution is -2.04. The predicted molar refractivity (Wildman–Crippen MR) is 218 cm³/mol. The third-order valence-electron chi connectivity index (χ3n) is 11.0. The first kappa shape index (κ1) is 31.3. The van der Waals surface area contributed by atoms with Crippen LogP contribution in [0.1, 0.15) is 11.1 Å². The van der Waals surface area contributed by atoms with Gasteiger partial charge in [-0.25, -0.2) is 0 Å². The minimum Gasteiger partial charge on any atom is -0.166 e. The van der Waals surface area contributed by atoms with Gasteiger partial charge in [-0.15, -0.1) is 0 Å². The van der Waals surface area contributed by atoms with Crippen LogP contribution in [0.2, 0.25) is 0 Å². The Labute approximate surface area is 304 Å². The maximum absolute atomic E-state index is 14.3. The van der Waals surface area contributed by atoms with E-state index in [2.05, 4.69) is 116 Å². The highest BCUT2D eigenvalue weighted by atomic mass is 19.4. The van der Waals surface area contributed by atoms with Gasteiger partial charge in [0.05, 0.1) is 5.56 Å². The summed E-state index contributed by atoms with van der Waals surface area (Å²) in [7, 11) is 0. The fourth-order valence-corrected chi connectivity index (χ4v) is 8.32. The number of rotatable bonds is 3. The number of alkyl halides is 3. The van der Waals surface area contributed by atoms with Crippen molar-refractivity contribution in [2.75, 3.05) is 0 Å². The summed E-state index contributed by atoms with van der Waals surface area (Å²) in [6, 6.07) is 57.1. The molecule has 10 rings (SSSR count). The second kappa shape index (κ2) is 11.8. The summed E-state index contributed by atoms with van der Waals surface area (Å²) < 4.78 is 42.9. The number of halogens is 3. The van der Waals surface area contributed by atoms with Gasteiger partial charge in [0.2, 0.25) is 0 Å². The lowest BCUT2D eigenvalue weighted by atomic mass is 9.85. The fraction of sp³-hybridized carbons (Fsp3) is 0.0400. The summed E-state index contributed by atoms with van der Waals surface area (Å²) in [6.07, 6.45) is -4.47. The van der Waals surface area contributed by atoms with Crippen LogP contribution in [-0.2, 0) is 6.18 Å². The van der Waals surface area contributed by atoms with E-state index in [4.69, 9.17) is 0 Å². The Morgan fingerprint density at radius 1 is 0.321 bits per heavy atom. The standard InChI is InChI=1S/C50H31F3/c1-30-40-13-7-6-10-33(40)18-21-41(30)38-19-22-42-46(26-38)44(36-16-14-31-8-2-4-11-34(31)24-36)28-49-43-23-20-39(50(51,52)53)27-47(43)45(29-48(42)49)37-17-15-32-9-3-5-12-35(32)25-37/h2-29H,1H3. The van der Waals surface area contributed by atoms with Crippen molar-refractivity contribution in [3.63, 3.8) is 0 Å². The largest absolute Gasteiger partial charge is 0.416 e. The van der Waals surface area contributed by atoms with Crippen LogP contribution in [0, 0.1) is 6.92 Å². The molecule has 0 aliphatic carbocycles. The molecule has 0 saturated heterocycles. The molecule has 0 saturated carbocycles. The summed E-state index contributed by atoms with van der Waals surface area (Å²) in [4.78, 5) is 0. The Hall–Kier alpha value is -6.45. The highest BCUT2D eigenvalue weighted by Crippen LogP contribution is 2.45. The van der Waals surface area contributed by atoms with Crippen LogP contribution in [0.5, 0.6) is 0 Å². The van der Waals surface area contributed by atoms with Gasteiger partial charge in [-0.3, -0.25) is 0 Å². The Kier molecular flexibility index (Phi) is 6.97. The number of hydrogen-bond acceptors (Lipinski definition) is 0. The Morgan fingerprint density at radius 3 is 1.40 bits per heavy atom. The minimum absolute atomic E-state index is 0.579. The quantitative estimate of drug-likeness (QED) is 0.162. The third-order valence-corrected chi connectivity index (χ3v) is 11.0. The maximum atomic E-state index is 14.3. The van der Waals surface area contributed by atoms with Gasteiger partial charge in [0.1, 0.15) is 0 Å². The van der Waals surface area contributed by atoms with Crippen LogP contribution in [0.25, 0.3) is 98.0 Å². The van der Waals surface area contributed by atoms with Gasteiger partial charge in [0, 0.05) is 0 Å². The Bertz CT molecular complexity index is 3110. The van der Waals surface area contributed by atoms with Crippen LogP contribution >= 0.6 is 0 Å². The average Bonchev–Trinajstić information content (AvgIpc) is 3.19.